The quantitative estimate of drug-likeness (QED) is 0.184. The van der Waals surface area contributed by atoms with Crippen molar-refractivity contribution in [2.45, 2.75) is 55.4 Å². The maximum absolute atomic E-state index is 2.40. The van der Waals surface area contributed by atoms with Crippen molar-refractivity contribution < 1.29 is 0 Å². The first kappa shape index (κ1) is 29.2. The van der Waals surface area contributed by atoms with Crippen LogP contribution < -0.4 is 15.8 Å². The molecule has 210 valence electrons. The summed E-state index contributed by atoms with van der Waals surface area (Å²) < 4.78 is 0. The van der Waals surface area contributed by atoms with Crippen molar-refractivity contribution in [3.8, 4) is 0 Å². The van der Waals surface area contributed by atoms with Gasteiger partial charge in [-0.05, 0) is 97.4 Å². The molecule has 0 aliphatic carbocycles. The van der Waals surface area contributed by atoms with E-state index in [9.17, 15) is 0 Å². The van der Waals surface area contributed by atoms with Gasteiger partial charge in [0.1, 0.15) is 0 Å². The Kier molecular flexibility index (Phi) is 8.55. The first-order valence-electron chi connectivity index (χ1n) is 15.0. The molecule has 5 rings (SSSR count). The van der Waals surface area contributed by atoms with Crippen LogP contribution in [0.15, 0.2) is 103 Å². The molecule has 0 aliphatic heterocycles. The van der Waals surface area contributed by atoms with E-state index in [2.05, 4.69) is 169 Å². The van der Waals surface area contributed by atoms with Crippen molar-refractivity contribution in [2.75, 3.05) is 4.90 Å². The van der Waals surface area contributed by atoms with Gasteiger partial charge in [0, 0.05) is 17.1 Å². The van der Waals surface area contributed by atoms with E-state index in [0.717, 1.165) is 17.1 Å². The summed E-state index contributed by atoms with van der Waals surface area (Å²) in [5, 5.41) is 0. The molecule has 0 amide bonds. The molecule has 2 heteroatoms. The Morgan fingerprint density at radius 1 is 0.429 bits per heavy atom. The van der Waals surface area contributed by atoms with Gasteiger partial charge >= 0.3 is 0 Å². The van der Waals surface area contributed by atoms with Gasteiger partial charge in [0.25, 0.3) is 0 Å². The van der Waals surface area contributed by atoms with Crippen LogP contribution in [0.2, 0.25) is 0 Å². The highest BCUT2D eigenvalue weighted by Crippen LogP contribution is 2.35. The first-order valence-corrected chi connectivity index (χ1v) is 15.0. The van der Waals surface area contributed by atoms with Gasteiger partial charge in [-0.15, -0.1) is 5.98 Å². The molecule has 0 fully saturated rings. The minimum atomic E-state index is 0.183. The Labute approximate surface area is 253 Å². The third-order valence-electron chi connectivity index (χ3n) is 8.31. The zero-order chi connectivity index (χ0) is 30.0. The van der Waals surface area contributed by atoms with Crippen molar-refractivity contribution in [1.82, 2.24) is 0 Å². The largest absolute Gasteiger partial charge is 0.311 e. The predicted molar refractivity (Wildman–Crippen MR) is 186 cm³/mol. The summed E-state index contributed by atoms with van der Waals surface area (Å²) in [5.41, 5.74) is 18.0. The van der Waals surface area contributed by atoms with E-state index in [0.29, 0.717) is 0 Å². The summed E-state index contributed by atoms with van der Waals surface area (Å²) >= 11 is 0. The Bertz CT molecular complexity index is 1580. The van der Waals surface area contributed by atoms with E-state index in [1.165, 1.54) is 61.0 Å². The van der Waals surface area contributed by atoms with Crippen LogP contribution in [0.5, 0.6) is 0 Å². The molecule has 0 unspecified atom stereocenters. The van der Waals surface area contributed by atoms with E-state index < -0.39 is 0 Å². The van der Waals surface area contributed by atoms with Crippen LogP contribution in [0.4, 0.5) is 17.1 Å². The lowest BCUT2D eigenvalue weighted by Crippen LogP contribution is -2.46. The topological polar surface area (TPSA) is 3.24 Å². The summed E-state index contributed by atoms with van der Waals surface area (Å²) in [6.45, 7) is 17.9. The van der Waals surface area contributed by atoms with E-state index >= 15 is 0 Å². The van der Waals surface area contributed by atoms with Gasteiger partial charge in [-0.3, -0.25) is 0 Å². The van der Waals surface area contributed by atoms with Crippen molar-refractivity contribution in [1.29, 1.82) is 0 Å². The van der Waals surface area contributed by atoms with Crippen LogP contribution in [0.3, 0.4) is 0 Å². The number of aryl methyl sites for hydroxylation is 8. The van der Waals surface area contributed by atoms with Gasteiger partial charge < -0.3 is 4.90 Å². The Morgan fingerprint density at radius 2 is 0.762 bits per heavy atom. The monoisotopic (exact) mass is 547 g/mol. The fraction of sp³-hybridized carbons (Fsp3) is 0.200. The van der Waals surface area contributed by atoms with Crippen LogP contribution in [0.1, 0.15) is 50.1 Å². The number of hydrogen-bond donors (Lipinski definition) is 0. The Morgan fingerprint density at radius 3 is 1.12 bits per heavy atom. The summed E-state index contributed by atoms with van der Waals surface area (Å²) in [6.07, 6.45) is 2.30. The molecule has 0 N–H and O–H groups in total. The van der Waals surface area contributed by atoms with Crippen molar-refractivity contribution in [3.63, 3.8) is 0 Å². The van der Waals surface area contributed by atoms with Crippen molar-refractivity contribution in [3.05, 3.63) is 153 Å². The summed E-state index contributed by atoms with van der Waals surface area (Å²) in [4.78, 5) is 2.33. The molecular formula is C40H42BN. The predicted octanol–water partition coefficient (Wildman–Crippen LogP) is 9.49. The molecule has 0 radical (unpaired) electrons. The van der Waals surface area contributed by atoms with E-state index in [4.69, 9.17) is 0 Å². The van der Waals surface area contributed by atoms with Gasteiger partial charge in [0.05, 0.1) is 0 Å². The van der Waals surface area contributed by atoms with Crippen molar-refractivity contribution in [2.24, 2.45) is 0 Å². The molecule has 0 heterocycles. The molecule has 0 saturated heterocycles. The molecule has 0 bridgehead atoms. The zero-order valence-electron chi connectivity index (χ0n) is 26.4. The van der Waals surface area contributed by atoms with Crippen LogP contribution >= 0.6 is 0 Å². The fourth-order valence-electron chi connectivity index (χ4n) is 6.48. The highest BCUT2D eigenvalue weighted by molar-refractivity contribution is 6.90. The molecular weight excluding hydrogens is 505 g/mol. The van der Waals surface area contributed by atoms with Gasteiger partial charge in [0.2, 0.25) is 6.71 Å². The van der Waals surface area contributed by atoms with Gasteiger partial charge in [-0.25, -0.2) is 0 Å². The lowest BCUT2D eigenvalue weighted by Gasteiger charge is -2.26. The third kappa shape index (κ3) is 6.29. The van der Waals surface area contributed by atoms with Gasteiger partial charge in [0.15, 0.2) is 0 Å². The van der Waals surface area contributed by atoms with Gasteiger partial charge in [-0.2, -0.15) is 0 Å². The number of hydrogen-bond acceptors (Lipinski definition) is 1. The zero-order valence-corrected chi connectivity index (χ0v) is 26.4. The molecule has 42 heavy (non-hydrogen) atoms. The normalized spacial score (nSPS) is 11.2. The Balaban J connectivity index is 1.55. The number of benzene rings is 5. The second kappa shape index (κ2) is 12.3. The average Bonchev–Trinajstić information content (AvgIpc) is 2.93. The summed E-state index contributed by atoms with van der Waals surface area (Å²) in [5.74, 6) is 2.40. The molecule has 0 atom stereocenters. The van der Waals surface area contributed by atoms with Crippen LogP contribution in [-0.2, 0) is 0 Å². The number of anilines is 3. The minimum absolute atomic E-state index is 0.183. The maximum atomic E-state index is 2.40. The van der Waals surface area contributed by atoms with Crippen LogP contribution in [0.25, 0.3) is 6.08 Å². The highest BCUT2D eigenvalue weighted by Gasteiger charge is 2.24. The second-order valence-corrected chi connectivity index (χ2v) is 12.1. The lowest BCUT2D eigenvalue weighted by atomic mass is 9.37. The lowest BCUT2D eigenvalue weighted by molar-refractivity contribution is 1.27. The minimum Gasteiger partial charge on any atom is -0.311 e. The van der Waals surface area contributed by atoms with E-state index in [-0.39, 0.29) is 6.71 Å². The van der Waals surface area contributed by atoms with Gasteiger partial charge in [-0.1, -0.05) is 122 Å². The summed E-state index contributed by atoms with van der Waals surface area (Å²) in [6, 6.07) is 35.7. The molecule has 0 aliphatic rings. The standard InChI is InChI=1S/C40H42BN/c1-27-9-15-36(16-10-27)42(37-17-11-28(2)12-18-37)38-19-13-35(14-20-38)21-22-41(39-31(5)23-29(3)24-32(39)6)40-33(7)25-30(4)26-34(40)8/h9-26H,1-8H3/b22-21+. The van der Waals surface area contributed by atoms with Crippen molar-refractivity contribution >= 4 is 40.8 Å². The van der Waals surface area contributed by atoms with E-state index in [1.54, 1.807) is 0 Å². The molecule has 5 aromatic rings. The first-order chi connectivity index (χ1) is 20.1. The molecule has 0 saturated carbocycles. The average molecular weight is 548 g/mol. The second-order valence-electron chi connectivity index (χ2n) is 12.1. The fourth-order valence-corrected chi connectivity index (χ4v) is 6.48. The SMILES string of the molecule is Cc1ccc(N(c2ccc(C)cc2)c2ccc(/C=C/B(c3c(C)cc(C)cc3C)c3c(C)cc(C)cc3C)cc2)cc1. The number of nitrogens with zero attached hydrogens (tertiary/aromatic N) is 1. The number of rotatable bonds is 7. The maximum Gasteiger partial charge on any atom is 0.235 e. The molecule has 5 aromatic carbocycles. The smallest absolute Gasteiger partial charge is 0.235 e. The summed E-state index contributed by atoms with van der Waals surface area (Å²) in [7, 11) is 0. The van der Waals surface area contributed by atoms with Crippen LogP contribution in [0, 0.1) is 55.4 Å². The molecule has 0 aromatic heterocycles. The Hall–Kier alpha value is -4.30. The van der Waals surface area contributed by atoms with E-state index in [1.807, 2.05) is 0 Å². The third-order valence-corrected chi connectivity index (χ3v) is 8.31. The van der Waals surface area contributed by atoms with Crippen LogP contribution in [-0.4, -0.2) is 6.71 Å². The molecule has 0 spiro atoms. The highest BCUT2D eigenvalue weighted by atomic mass is 15.1. The molecule has 1 nitrogen and oxygen atoms in total.